The van der Waals surface area contributed by atoms with Crippen molar-refractivity contribution in [2.24, 2.45) is 0 Å². The molecule has 0 unspecified atom stereocenters. The van der Waals surface area contributed by atoms with E-state index in [0.29, 0.717) is 5.69 Å². The van der Waals surface area contributed by atoms with Crippen LogP contribution in [0.5, 0.6) is 0 Å². The number of benzene rings is 1. The van der Waals surface area contributed by atoms with Gasteiger partial charge < -0.3 is 5.32 Å². The minimum absolute atomic E-state index is 0.166. The molecule has 0 saturated heterocycles. The Morgan fingerprint density at radius 1 is 1.20 bits per heavy atom. The van der Waals surface area contributed by atoms with Crippen LogP contribution in [0.15, 0.2) is 47.6 Å². The van der Waals surface area contributed by atoms with Gasteiger partial charge in [-0.15, -0.1) is 0 Å². The topological polar surface area (TPSA) is 71.1 Å². The van der Waals surface area contributed by atoms with Crippen LogP contribution in [0.1, 0.15) is 11.1 Å². The molecule has 2 N–H and O–H groups in total. The molecule has 2 heterocycles. The van der Waals surface area contributed by atoms with Crippen molar-refractivity contribution in [1.82, 2.24) is 10.3 Å². The molecule has 0 atom stereocenters. The molecular weight excluding hydrogens is 274 g/mol. The SMILES string of the molecule is O=S(=O)(Nc1ccc2c(c1)CCNC2)c1cccnc1. The minimum atomic E-state index is -3.57. The fourth-order valence-corrected chi connectivity index (χ4v) is 3.27. The summed E-state index contributed by atoms with van der Waals surface area (Å²) < 4.78 is 27.0. The molecule has 20 heavy (non-hydrogen) atoms. The normalized spacial score (nSPS) is 14.6. The van der Waals surface area contributed by atoms with Gasteiger partial charge >= 0.3 is 0 Å². The first-order valence-electron chi connectivity index (χ1n) is 6.40. The molecule has 104 valence electrons. The first-order chi connectivity index (χ1) is 9.65. The smallest absolute Gasteiger partial charge is 0.263 e. The molecule has 1 aliphatic rings. The molecule has 0 fully saturated rings. The fourth-order valence-electron chi connectivity index (χ4n) is 2.26. The molecule has 1 aliphatic heterocycles. The van der Waals surface area contributed by atoms with E-state index in [1.54, 1.807) is 18.3 Å². The lowest BCUT2D eigenvalue weighted by Gasteiger charge is -2.18. The Hall–Kier alpha value is -1.92. The summed E-state index contributed by atoms with van der Waals surface area (Å²) in [6, 6.07) is 8.79. The van der Waals surface area contributed by atoms with Gasteiger partial charge in [0.15, 0.2) is 0 Å². The lowest BCUT2D eigenvalue weighted by Crippen LogP contribution is -2.23. The molecular formula is C14H15N3O2S. The Balaban J connectivity index is 1.88. The van der Waals surface area contributed by atoms with Crippen molar-refractivity contribution in [2.45, 2.75) is 17.9 Å². The highest BCUT2D eigenvalue weighted by molar-refractivity contribution is 7.92. The first kappa shape index (κ1) is 13.1. The Morgan fingerprint density at radius 2 is 2.10 bits per heavy atom. The largest absolute Gasteiger partial charge is 0.312 e. The summed E-state index contributed by atoms with van der Waals surface area (Å²) in [5, 5.41) is 3.29. The number of pyridine rings is 1. The van der Waals surface area contributed by atoms with Crippen molar-refractivity contribution in [3.63, 3.8) is 0 Å². The molecule has 3 rings (SSSR count). The van der Waals surface area contributed by atoms with E-state index in [-0.39, 0.29) is 4.90 Å². The Morgan fingerprint density at radius 3 is 2.90 bits per heavy atom. The van der Waals surface area contributed by atoms with Crippen LogP contribution in [0.4, 0.5) is 5.69 Å². The summed E-state index contributed by atoms with van der Waals surface area (Å²) in [5.41, 5.74) is 3.00. The summed E-state index contributed by atoms with van der Waals surface area (Å²) in [4.78, 5) is 4.00. The molecule has 1 aromatic heterocycles. The van der Waals surface area contributed by atoms with Crippen molar-refractivity contribution in [2.75, 3.05) is 11.3 Å². The molecule has 0 saturated carbocycles. The maximum atomic E-state index is 12.2. The summed E-state index contributed by atoms with van der Waals surface area (Å²) in [7, 11) is -3.57. The second kappa shape index (κ2) is 5.22. The van der Waals surface area contributed by atoms with E-state index in [1.807, 2.05) is 12.1 Å². The van der Waals surface area contributed by atoms with E-state index < -0.39 is 10.0 Å². The van der Waals surface area contributed by atoms with Gasteiger partial charge in [-0.05, 0) is 48.4 Å². The minimum Gasteiger partial charge on any atom is -0.312 e. The molecule has 0 amide bonds. The predicted molar refractivity (Wildman–Crippen MR) is 76.9 cm³/mol. The molecule has 0 radical (unpaired) electrons. The van der Waals surface area contributed by atoms with Crippen LogP contribution in [-0.2, 0) is 23.0 Å². The summed E-state index contributed by atoms with van der Waals surface area (Å²) in [6.45, 7) is 1.76. The molecule has 1 aromatic carbocycles. The number of rotatable bonds is 3. The average molecular weight is 289 g/mol. The van der Waals surface area contributed by atoms with Crippen molar-refractivity contribution < 1.29 is 8.42 Å². The first-order valence-corrected chi connectivity index (χ1v) is 7.89. The van der Waals surface area contributed by atoms with Crippen molar-refractivity contribution >= 4 is 15.7 Å². The predicted octanol–water partition coefficient (Wildman–Crippen LogP) is 1.53. The zero-order chi connectivity index (χ0) is 14.0. The van der Waals surface area contributed by atoms with Crippen LogP contribution in [0.3, 0.4) is 0 Å². The van der Waals surface area contributed by atoms with Crippen LogP contribution in [0, 0.1) is 0 Å². The standard InChI is InChI=1S/C14H15N3O2S/c18-20(19,14-2-1-6-15-10-14)17-13-4-3-12-9-16-7-5-11(12)8-13/h1-4,6,8,10,16-17H,5,7,9H2. The summed E-state index contributed by atoms with van der Waals surface area (Å²) in [6.07, 6.45) is 3.80. The molecule has 0 bridgehead atoms. The van der Waals surface area contributed by atoms with Gasteiger partial charge in [0.1, 0.15) is 4.90 Å². The maximum Gasteiger partial charge on any atom is 0.263 e. The maximum absolute atomic E-state index is 12.2. The highest BCUT2D eigenvalue weighted by atomic mass is 32.2. The van der Waals surface area contributed by atoms with E-state index in [4.69, 9.17) is 0 Å². The third kappa shape index (κ3) is 2.66. The summed E-state index contributed by atoms with van der Waals surface area (Å²) in [5.74, 6) is 0. The van der Waals surface area contributed by atoms with Crippen LogP contribution in [0.2, 0.25) is 0 Å². The molecule has 2 aromatic rings. The van der Waals surface area contributed by atoms with Crippen LogP contribution in [-0.4, -0.2) is 19.9 Å². The number of nitrogens with one attached hydrogen (secondary N) is 2. The Labute approximate surface area is 118 Å². The third-order valence-electron chi connectivity index (χ3n) is 3.29. The monoisotopic (exact) mass is 289 g/mol. The van der Waals surface area contributed by atoms with Crippen molar-refractivity contribution in [3.8, 4) is 0 Å². The number of anilines is 1. The van der Waals surface area contributed by atoms with Gasteiger partial charge in [0, 0.05) is 24.6 Å². The van der Waals surface area contributed by atoms with Gasteiger partial charge in [0.05, 0.1) is 0 Å². The van der Waals surface area contributed by atoms with Crippen LogP contribution in [0.25, 0.3) is 0 Å². The molecule has 5 nitrogen and oxygen atoms in total. The van der Waals surface area contributed by atoms with Gasteiger partial charge in [-0.2, -0.15) is 0 Å². The summed E-state index contributed by atoms with van der Waals surface area (Å²) >= 11 is 0. The zero-order valence-corrected chi connectivity index (χ0v) is 11.7. The van der Waals surface area contributed by atoms with Crippen molar-refractivity contribution in [1.29, 1.82) is 0 Å². The number of fused-ring (bicyclic) bond motifs is 1. The average Bonchev–Trinajstić information content (AvgIpc) is 2.48. The Kier molecular flexibility index (Phi) is 3.42. The second-order valence-corrected chi connectivity index (χ2v) is 6.39. The Bertz CT molecular complexity index is 714. The number of aromatic nitrogens is 1. The zero-order valence-electron chi connectivity index (χ0n) is 10.8. The van der Waals surface area contributed by atoms with E-state index in [0.717, 1.165) is 19.5 Å². The van der Waals surface area contributed by atoms with Crippen LogP contribution < -0.4 is 10.0 Å². The van der Waals surface area contributed by atoms with Crippen LogP contribution >= 0.6 is 0 Å². The highest BCUT2D eigenvalue weighted by Gasteiger charge is 2.15. The molecule has 0 aliphatic carbocycles. The second-order valence-electron chi connectivity index (χ2n) is 4.70. The quantitative estimate of drug-likeness (QED) is 0.899. The van der Waals surface area contributed by atoms with Gasteiger partial charge in [0.25, 0.3) is 10.0 Å². The van der Waals surface area contributed by atoms with E-state index in [2.05, 4.69) is 15.0 Å². The molecule has 0 spiro atoms. The van der Waals surface area contributed by atoms with Gasteiger partial charge in [-0.25, -0.2) is 8.42 Å². The van der Waals surface area contributed by atoms with Gasteiger partial charge in [0.2, 0.25) is 0 Å². The third-order valence-corrected chi connectivity index (χ3v) is 4.66. The number of nitrogens with zero attached hydrogens (tertiary/aromatic N) is 1. The van der Waals surface area contributed by atoms with E-state index >= 15 is 0 Å². The van der Waals surface area contributed by atoms with Gasteiger partial charge in [-0.3, -0.25) is 9.71 Å². The van der Waals surface area contributed by atoms with Crippen molar-refractivity contribution in [3.05, 3.63) is 53.9 Å². The number of sulfonamides is 1. The van der Waals surface area contributed by atoms with Gasteiger partial charge in [-0.1, -0.05) is 6.07 Å². The van der Waals surface area contributed by atoms with E-state index in [1.165, 1.54) is 23.4 Å². The lowest BCUT2D eigenvalue weighted by molar-refractivity contribution is 0.600. The number of hydrogen-bond acceptors (Lipinski definition) is 4. The molecule has 6 heteroatoms. The highest BCUT2D eigenvalue weighted by Crippen LogP contribution is 2.21. The number of hydrogen-bond donors (Lipinski definition) is 2. The lowest BCUT2D eigenvalue weighted by atomic mass is 10.0. The van der Waals surface area contributed by atoms with E-state index in [9.17, 15) is 8.42 Å². The fraction of sp³-hybridized carbons (Fsp3) is 0.214.